The molecule has 0 spiro atoms. The molecular weight excluding hydrogens is 434 g/mol. The van der Waals surface area contributed by atoms with E-state index in [1.807, 2.05) is 32.9 Å². The minimum Gasteiger partial charge on any atom is -0.469 e. The highest BCUT2D eigenvalue weighted by Gasteiger charge is 2.41. The van der Waals surface area contributed by atoms with Crippen LogP contribution in [-0.2, 0) is 43.9 Å². The molecule has 3 heterocycles. The first-order chi connectivity index (χ1) is 15.0. The molecule has 3 rings (SSSR count). The van der Waals surface area contributed by atoms with E-state index in [2.05, 4.69) is 15.2 Å². The van der Waals surface area contributed by atoms with Crippen LogP contribution in [0.5, 0.6) is 0 Å². The number of pyridine rings is 1. The number of aromatic nitrogens is 4. The van der Waals surface area contributed by atoms with Crippen molar-refractivity contribution in [2.45, 2.75) is 40.2 Å². The first-order valence-corrected chi connectivity index (χ1v) is 12.4. The van der Waals surface area contributed by atoms with Crippen molar-refractivity contribution in [2.75, 3.05) is 31.4 Å². The number of carbonyl (C=O) groups is 1. The van der Waals surface area contributed by atoms with E-state index in [1.54, 1.807) is 7.05 Å². The van der Waals surface area contributed by atoms with Crippen molar-refractivity contribution in [3.05, 3.63) is 23.5 Å². The van der Waals surface area contributed by atoms with Crippen LogP contribution in [0.2, 0.25) is 0 Å². The highest BCUT2D eigenvalue weighted by Crippen LogP contribution is 2.38. The zero-order chi connectivity index (χ0) is 23.7. The van der Waals surface area contributed by atoms with E-state index in [-0.39, 0.29) is 18.5 Å². The van der Waals surface area contributed by atoms with Crippen LogP contribution < -0.4 is 4.90 Å². The van der Waals surface area contributed by atoms with Crippen LogP contribution in [-0.4, -0.2) is 60.8 Å². The first kappa shape index (κ1) is 24.1. The predicted molar refractivity (Wildman–Crippen MR) is 119 cm³/mol. The molecule has 0 N–H and O–H groups in total. The summed E-state index contributed by atoms with van der Waals surface area (Å²) in [5.74, 6) is -0.0147. The summed E-state index contributed by atoms with van der Waals surface area (Å²) in [4.78, 5) is 19.3. The lowest BCUT2D eigenvalue weighted by Crippen LogP contribution is -2.36. The van der Waals surface area contributed by atoms with Gasteiger partial charge in [-0.3, -0.25) is 8.98 Å². The third-order valence-corrected chi connectivity index (χ3v) is 6.69. The Morgan fingerprint density at radius 1 is 1.31 bits per heavy atom. The third kappa shape index (κ3) is 4.93. The highest BCUT2D eigenvalue weighted by atomic mass is 32.2. The number of anilines is 1. The SMILES string of the molecule is CCc1nc(-c2nnn(C)c2COS(C)(=O)=O)ccc1N1CC[C@@H](C(C)(C)C(=O)OC)C1. The predicted octanol–water partition coefficient (Wildman–Crippen LogP) is 1.94. The van der Waals surface area contributed by atoms with E-state index < -0.39 is 15.5 Å². The number of hydrogen-bond donors (Lipinski definition) is 0. The van der Waals surface area contributed by atoms with E-state index in [1.165, 1.54) is 11.8 Å². The van der Waals surface area contributed by atoms with Crippen molar-refractivity contribution in [3.63, 3.8) is 0 Å². The van der Waals surface area contributed by atoms with Crippen LogP contribution in [0.25, 0.3) is 11.4 Å². The van der Waals surface area contributed by atoms with Gasteiger partial charge in [-0.15, -0.1) is 5.10 Å². The van der Waals surface area contributed by atoms with Gasteiger partial charge in [-0.2, -0.15) is 8.42 Å². The average molecular weight is 466 g/mol. The Bertz CT molecular complexity index is 1100. The molecule has 0 radical (unpaired) electrons. The van der Waals surface area contributed by atoms with Crippen molar-refractivity contribution in [1.82, 2.24) is 20.0 Å². The second-order valence-corrected chi connectivity index (χ2v) is 10.3. The fourth-order valence-electron chi connectivity index (χ4n) is 4.07. The van der Waals surface area contributed by atoms with Crippen molar-refractivity contribution < 1.29 is 22.1 Å². The number of aryl methyl sites for hydroxylation is 2. The van der Waals surface area contributed by atoms with Gasteiger partial charge >= 0.3 is 5.97 Å². The van der Waals surface area contributed by atoms with Crippen molar-refractivity contribution in [1.29, 1.82) is 0 Å². The summed E-state index contributed by atoms with van der Waals surface area (Å²) < 4.78 is 34.3. The molecular formula is C21H31N5O5S. The molecule has 1 aliphatic rings. The summed E-state index contributed by atoms with van der Waals surface area (Å²) in [5.41, 5.74) is 2.99. The maximum absolute atomic E-state index is 12.2. The minimum absolute atomic E-state index is 0.168. The number of methoxy groups -OCH3 is 1. The Hall–Kier alpha value is -2.53. The van der Waals surface area contributed by atoms with Gasteiger partial charge < -0.3 is 9.64 Å². The Morgan fingerprint density at radius 3 is 2.66 bits per heavy atom. The van der Waals surface area contributed by atoms with Gasteiger partial charge in [-0.05, 0) is 44.7 Å². The van der Waals surface area contributed by atoms with Crippen LogP contribution in [0.15, 0.2) is 12.1 Å². The zero-order valence-corrected chi connectivity index (χ0v) is 20.3. The summed E-state index contributed by atoms with van der Waals surface area (Å²) in [6, 6.07) is 3.87. The van der Waals surface area contributed by atoms with Gasteiger partial charge in [0.05, 0.1) is 41.5 Å². The quantitative estimate of drug-likeness (QED) is 0.426. The zero-order valence-electron chi connectivity index (χ0n) is 19.5. The fourth-order valence-corrected chi connectivity index (χ4v) is 4.40. The number of esters is 1. The molecule has 0 aromatic carbocycles. The lowest BCUT2D eigenvalue weighted by molar-refractivity contribution is -0.153. The number of hydrogen-bond acceptors (Lipinski definition) is 9. The smallest absolute Gasteiger partial charge is 0.311 e. The maximum Gasteiger partial charge on any atom is 0.311 e. The maximum atomic E-state index is 12.2. The fraction of sp³-hybridized carbons (Fsp3) is 0.619. The largest absolute Gasteiger partial charge is 0.469 e. The molecule has 2 aromatic rings. The van der Waals surface area contributed by atoms with E-state index in [0.717, 1.165) is 37.1 Å². The Labute approximate surface area is 189 Å². The van der Waals surface area contributed by atoms with Gasteiger partial charge in [0, 0.05) is 20.1 Å². The number of rotatable bonds is 8. The molecule has 0 unspecified atom stereocenters. The Morgan fingerprint density at radius 2 is 2.03 bits per heavy atom. The van der Waals surface area contributed by atoms with Gasteiger partial charge in [0.25, 0.3) is 10.1 Å². The van der Waals surface area contributed by atoms with Crippen molar-refractivity contribution in [2.24, 2.45) is 18.4 Å². The van der Waals surface area contributed by atoms with Gasteiger partial charge in [0.15, 0.2) is 0 Å². The normalized spacial score (nSPS) is 17.1. The van der Waals surface area contributed by atoms with E-state index >= 15 is 0 Å². The van der Waals surface area contributed by atoms with Gasteiger partial charge in [-0.1, -0.05) is 12.1 Å². The molecule has 1 aliphatic heterocycles. The Kier molecular flexibility index (Phi) is 6.89. The summed E-state index contributed by atoms with van der Waals surface area (Å²) >= 11 is 0. The first-order valence-electron chi connectivity index (χ1n) is 10.5. The second kappa shape index (κ2) is 9.14. The summed E-state index contributed by atoms with van der Waals surface area (Å²) in [6.07, 6.45) is 2.60. The Balaban J connectivity index is 1.86. The van der Waals surface area contributed by atoms with Crippen LogP contribution in [0, 0.1) is 11.3 Å². The summed E-state index contributed by atoms with van der Waals surface area (Å²) in [6.45, 7) is 7.31. The lowest BCUT2D eigenvalue weighted by atomic mass is 9.78. The molecule has 0 amide bonds. The highest BCUT2D eigenvalue weighted by molar-refractivity contribution is 7.85. The monoisotopic (exact) mass is 465 g/mol. The summed E-state index contributed by atoms with van der Waals surface area (Å²) in [5, 5.41) is 8.18. The topological polar surface area (TPSA) is 117 Å². The number of carbonyl (C=O) groups excluding carboxylic acids is 1. The molecule has 1 fully saturated rings. The van der Waals surface area contributed by atoms with Gasteiger partial charge in [-0.25, -0.2) is 9.67 Å². The molecule has 32 heavy (non-hydrogen) atoms. The van der Waals surface area contributed by atoms with Crippen molar-refractivity contribution >= 4 is 21.8 Å². The molecule has 10 nitrogen and oxygen atoms in total. The second-order valence-electron chi connectivity index (χ2n) is 8.64. The average Bonchev–Trinajstić information content (AvgIpc) is 3.38. The molecule has 1 saturated heterocycles. The standard InChI is InChI=1S/C21H31N5O5S/c1-7-15-17(26-11-10-14(12-26)21(2,3)20(27)30-5)9-8-16(22-15)19-18(25(4)24-23-19)13-31-32(6,28)29/h8-9,14H,7,10-13H2,1-6H3/t14-/m1/s1. The van der Waals surface area contributed by atoms with E-state index in [4.69, 9.17) is 13.9 Å². The number of nitrogens with zero attached hydrogens (tertiary/aromatic N) is 5. The van der Waals surface area contributed by atoms with Crippen LogP contribution in [0.4, 0.5) is 5.69 Å². The number of ether oxygens (including phenoxy) is 1. The summed E-state index contributed by atoms with van der Waals surface area (Å²) in [7, 11) is -0.493. The lowest BCUT2D eigenvalue weighted by Gasteiger charge is -2.29. The third-order valence-electron chi connectivity index (χ3n) is 6.14. The van der Waals surface area contributed by atoms with E-state index in [9.17, 15) is 13.2 Å². The van der Waals surface area contributed by atoms with Crippen LogP contribution in [0.3, 0.4) is 0 Å². The molecule has 2 aromatic heterocycles. The van der Waals surface area contributed by atoms with Crippen molar-refractivity contribution in [3.8, 4) is 11.4 Å². The van der Waals surface area contributed by atoms with E-state index in [0.29, 0.717) is 23.5 Å². The molecule has 0 bridgehead atoms. The molecule has 11 heteroatoms. The molecule has 0 aliphatic carbocycles. The molecule has 0 saturated carbocycles. The van der Waals surface area contributed by atoms with Gasteiger partial charge in [0.1, 0.15) is 12.3 Å². The van der Waals surface area contributed by atoms with Crippen LogP contribution in [0.1, 0.15) is 38.6 Å². The minimum atomic E-state index is -3.60. The molecule has 1 atom stereocenters. The molecule has 176 valence electrons. The van der Waals surface area contributed by atoms with Crippen LogP contribution >= 0.6 is 0 Å². The van der Waals surface area contributed by atoms with Gasteiger partial charge in [0.2, 0.25) is 0 Å².